The van der Waals surface area contributed by atoms with Crippen molar-refractivity contribution in [1.29, 1.82) is 5.26 Å². The number of phenolic OH excluding ortho intramolecular Hbond substituents is 1. The second-order valence-corrected chi connectivity index (χ2v) is 7.54. The quantitative estimate of drug-likeness (QED) is 0.728. The van der Waals surface area contributed by atoms with Gasteiger partial charge in [0.25, 0.3) is 0 Å². The fourth-order valence-corrected chi connectivity index (χ4v) is 3.85. The minimum atomic E-state index is 0.0331. The Kier molecular flexibility index (Phi) is 4.84. The van der Waals surface area contributed by atoms with E-state index in [1.807, 2.05) is 13.0 Å². The van der Waals surface area contributed by atoms with Crippen LogP contribution in [0.2, 0.25) is 0 Å². The number of nitrogens with zero attached hydrogens (tertiary/aromatic N) is 4. The van der Waals surface area contributed by atoms with E-state index in [-0.39, 0.29) is 5.75 Å². The number of hydrogen-bond acceptors (Lipinski definition) is 6. The van der Waals surface area contributed by atoms with Crippen LogP contribution in [0.1, 0.15) is 24.0 Å². The lowest BCUT2D eigenvalue weighted by atomic mass is 10.0. The number of rotatable bonds is 3. The van der Waals surface area contributed by atoms with Crippen LogP contribution < -0.4 is 5.32 Å². The molecule has 1 fully saturated rings. The van der Waals surface area contributed by atoms with E-state index in [4.69, 9.17) is 5.26 Å². The normalized spacial score (nSPS) is 17.4. The molecule has 0 amide bonds. The number of aryl methyl sites for hydroxylation is 1. The molecule has 2 heterocycles. The van der Waals surface area contributed by atoms with Gasteiger partial charge in [0, 0.05) is 28.9 Å². The monoisotopic (exact) mass is 373 g/mol. The van der Waals surface area contributed by atoms with Crippen molar-refractivity contribution in [3.05, 3.63) is 47.5 Å². The van der Waals surface area contributed by atoms with Gasteiger partial charge in [-0.15, -0.1) is 10.2 Å². The molecule has 1 saturated heterocycles. The Balaban J connectivity index is 1.79. The number of benzene rings is 2. The summed E-state index contributed by atoms with van der Waals surface area (Å²) in [5, 5.41) is 33.9. The zero-order chi connectivity index (χ0) is 19.7. The van der Waals surface area contributed by atoms with E-state index in [0.717, 1.165) is 48.1 Å². The van der Waals surface area contributed by atoms with Gasteiger partial charge >= 0.3 is 0 Å². The van der Waals surface area contributed by atoms with Crippen LogP contribution in [-0.2, 0) is 0 Å². The van der Waals surface area contributed by atoms with Crippen molar-refractivity contribution in [2.45, 2.75) is 25.8 Å². The van der Waals surface area contributed by atoms with E-state index in [0.29, 0.717) is 22.9 Å². The third-order valence-corrected chi connectivity index (χ3v) is 5.28. The van der Waals surface area contributed by atoms with E-state index in [1.54, 1.807) is 12.1 Å². The molecule has 1 aromatic heterocycles. The first-order valence-corrected chi connectivity index (χ1v) is 9.51. The fourth-order valence-electron chi connectivity index (χ4n) is 3.85. The summed E-state index contributed by atoms with van der Waals surface area (Å²) in [7, 11) is 2.14. The molecular weight excluding hydrogens is 350 g/mol. The van der Waals surface area contributed by atoms with Gasteiger partial charge in [-0.3, -0.25) is 0 Å². The summed E-state index contributed by atoms with van der Waals surface area (Å²) in [5.74, 6) is 0.804. The average Bonchev–Trinajstić information content (AvgIpc) is 2.68. The van der Waals surface area contributed by atoms with Gasteiger partial charge in [0.2, 0.25) is 0 Å². The van der Waals surface area contributed by atoms with Crippen molar-refractivity contribution in [2.24, 2.45) is 0 Å². The first-order chi connectivity index (χ1) is 13.5. The number of fused-ring (bicyclic) bond motifs is 1. The maximum absolute atomic E-state index is 10.4. The van der Waals surface area contributed by atoms with Gasteiger partial charge in [-0.25, -0.2) is 0 Å². The molecule has 0 bridgehead atoms. The lowest BCUT2D eigenvalue weighted by Crippen LogP contribution is -2.40. The standard InChI is InChI=1S/C22H23N5O/c1-14-5-7-17-19(10-14)21(18-8-6-15(12-23)11-20(18)28)25-26-22(17)24-16-4-3-9-27(2)13-16/h5-8,10-11,16,28H,3-4,9,13H2,1-2H3,(H,24,26). The Hall–Kier alpha value is -3.17. The summed E-state index contributed by atoms with van der Waals surface area (Å²) >= 11 is 0. The van der Waals surface area contributed by atoms with E-state index in [2.05, 4.69) is 45.7 Å². The van der Waals surface area contributed by atoms with Gasteiger partial charge in [0.1, 0.15) is 11.4 Å². The largest absolute Gasteiger partial charge is 0.507 e. The van der Waals surface area contributed by atoms with Gasteiger partial charge < -0.3 is 15.3 Å². The lowest BCUT2D eigenvalue weighted by molar-refractivity contribution is 0.261. The molecule has 0 saturated carbocycles. The molecule has 0 spiro atoms. The molecule has 0 aliphatic carbocycles. The molecule has 2 aromatic carbocycles. The highest BCUT2D eigenvalue weighted by Crippen LogP contribution is 2.35. The second kappa shape index (κ2) is 7.45. The van der Waals surface area contributed by atoms with Crippen LogP contribution in [0, 0.1) is 18.3 Å². The molecule has 6 nitrogen and oxygen atoms in total. The summed E-state index contributed by atoms with van der Waals surface area (Å²) in [4.78, 5) is 2.32. The molecule has 1 aliphatic heterocycles. The molecule has 28 heavy (non-hydrogen) atoms. The third kappa shape index (κ3) is 3.49. The molecule has 0 radical (unpaired) electrons. The molecule has 6 heteroatoms. The highest BCUT2D eigenvalue weighted by Gasteiger charge is 2.20. The van der Waals surface area contributed by atoms with E-state index < -0.39 is 0 Å². The van der Waals surface area contributed by atoms with Crippen molar-refractivity contribution in [1.82, 2.24) is 15.1 Å². The van der Waals surface area contributed by atoms with Crippen LogP contribution in [0.15, 0.2) is 36.4 Å². The van der Waals surface area contributed by atoms with Gasteiger partial charge in [0.15, 0.2) is 5.82 Å². The van der Waals surface area contributed by atoms with E-state index >= 15 is 0 Å². The number of aromatic nitrogens is 2. The summed E-state index contributed by atoms with van der Waals surface area (Å²) in [6.07, 6.45) is 2.27. The zero-order valence-electron chi connectivity index (χ0n) is 16.1. The van der Waals surface area contributed by atoms with Gasteiger partial charge in [-0.1, -0.05) is 17.7 Å². The summed E-state index contributed by atoms with van der Waals surface area (Å²) < 4.78 is 0. The summed E-state index contributed by atoms with van der Waals surface area (Å²) in [5.41, 5.74) is 2.71. The predicted octanol–water partition coefficient (Wildman–Crippen LogP) is 3.69. The number of likely N-dealkylation sites (N-methyl/N-ethyl adjacent to an activating group) is 1. The van der Waals surface area contributed by atoms with Crippen molar-refractivity contribution in [3.63, 3.8) is 0 Å². The number of nitrogens with one attached hydrogen (secondary N) is 1. The number of hydrogen-bond donors (Lipinski definition) is 2. The number of nitriles is 1. The molecule has 142 valence electrons. The Bertz CT molecular complexity index is 1070. The highest BCUT2D eigenvalue weighted by molar-refractivity contribution is 6.01. The molecule has 3 aromatic rings. The second-order valence-electron chi connectivity index (χ2n) is 7.54. The maximum atomic E-state index is 10.4. The number of likely N-dealkylation sites (tertiary alicyclic amines) is 1. The first kappa shape index (κ1) is 18.2. The minimum Gasteiger partial charge on any atom is -0.507 e. The van der Waals surface area contributed by atoms with Crippen LogP contribution in [-0.4, -0.2) is 46.4 Å². The van der Waals surface area contributed by atoms with Gasteiger partial charge in [-0.05, 0) is 57.6 Å². The predicted molar refractivity (Wildman–Crippen MR) is 110 cm³/mol. The smallest absolute Gasteiger partial charge is 0.156 e. The van der Waals surface area contributed by atoms with Crippen molar-refractivity contribution >= 4 is 16.6 Å². The SMILES string of the molecule is Cc1ccc2c(NC3CCCN(C)C3)nnc(-c3ccc(C#N)cc3O)c2c1. The van der Waals surface area contributed by atoms with Crippen LogP contribution in [0.4, 0.5) is 5.82 Å². The highest BCUT2D eigenvalue weighted by atomic mass is 16.3. The summed E-state index contributed by atoms with van der Waals surface area (Å²) in [6.45, 7) is 4.14. The van der Waals surface area contributed by atoms with Crippen LogP contribution >= 0.6 is 0 Å². The van der Waals surface area contributed by atoms with Gasteiger partial charge in [-0.2, -0.15) is 5.26 Å². The number of anilines is 1. The Morgan fingerprint density at radius 3 is 2.79 bits per heavy atom. The Morgan fingerprint density at radius 1 is 1.18 bits per heavy atom. The van der Waals surface area contributed by atoms with Crippen molar-refractivity contribution < 1.29 is 5.11 Å². The molecule has 2 N–H and O–H groups in total. The maximum Gasteiger partial charge on any atom is 0.156 e. The number of aromatic hydroxyl groups is 1. The number of phenols is 1. The lowest BCUT2D eigenvalue weighted by Gasteiger charge is -2.30. The zero-order valence-corrected chi connectivity index (χ0v) is 16.1. The average molecular weight is 373 g/mol. The molecule has 4 rings (SSSR count). The molecule has 1 atom stereocenters. The topological polar surface area (TPSA) is 85.1 Å². The third-order valence-electron chi connectivity index (χ3n) is 5.28. The van der Waals surface area contributed by atoms with E-state index in [1.165, 1.54) is 6.07 Å². The van der Waals surface area contributed by atoms with Crippen molar-refractivity contribution in [3.8, 4) is 23.1 Å². The van der Waals surface area contributed by atoms with E-state index in [9.17, 15) is 5.11 Å². The summed E-state index contributed by atoms with van der Waals surface area (Å²) in [6, 6.07) is 13.4. The van der Waals surface area contributed by atoms with Crippen LogP contribution in [0.3, 0.4) is 0 Å². The molecular formula is C22H23N5O. The Morgan fingerprint density at radius 2 is 2.04 bits per heavy atom. The minimum absolute atomic E-state index is 0.0331. The van der Waals surface area contributed by atoms with Crippen LogP contribution in [0.25, 0.3) is 22.0 Å². The Labute approximate surface area is 164 Å². The molecule has 1 unspecified atom stereocenters. The fraction of sp³-hybridized carbons (Fsp3) is 0.318. The number of piperidine rings is 1. The molecule has 1 aliphatic rings. The first-order valence-electron chi connectivity index (χ1n) is 9.51. The van der Waals surface area contributed by atoms with Gasteiger partial charge in [0.05, 0.1) is 11.6 Å². The van der Waals surface area contributed by atoms with Crippen LogP contribution in [0.5, 0.6) is 5.75 Å². The van der Waals surface area contributed by atoms with Crippen molar-refractivity contribution in [2.75, 3.05) is 25.5 Å².